The number of aromatic nitrogens is 3. The maximum Gasteiger partial charge on any atom is 0.164 e. The predicted molar refractivity (Wildman–Crippen MR) is 241 cm³/mol. The Bertz CT molecular complexity index is 3020. The molecule has 12 rings (SSSR count). The van der Waals surface area contributed by atoms with Crippen LogP contribution in [0.5, 0.6) is 11.5 Å². The monoisotopic (exact) mass is 768 g/mol. The van der Waals surface area contributed by atoms with Crippen molar-refractivity contribution in [3.8, 4) is 67.9 Å². The Labute approximate surface area is 348 Å². The average molecular weight is 769 g/mol. The van der Waals surface area contributed by atoms with Crippen LogP contribution in [0.25, 0.3) is 62.0 Å². The Hall–Kier alpha value is -7.76. The van der Waals surface area contributed by atoms with E-state index >= 15 is 0 Å². The van der Waals surface area contributed by atoms with Gasteiger partial charge in [-0.25, -0.2) is 15.0 Å². The third-order valence-corrected chi connectivity index (χ3v) is 12.5. The maximum absolute atomic E-state index is 7.43. The summed E-state index contributed by atoms with van der Waals surface area (Å²) in [5.41, 5.74) is 13.8. The summed E-state index contributed by atoms with van der Waals surface area (Å²) in [6.07, 6.45) is 12.9. The first-order valence-corrected chi connectivity index (χ1v) is 20.5. The van der Waals surface area contributed by atoms with Crippen LogP contribution in [0.4, 0.5) is 0 Å². The van der Waals surface area contributed by atoms with Crippen LogP contribution in [0.15, 0.2) is 205 Å². The Morgan fingerprint density at radius 3 is 1.52 bits per heavy atom. The van der Waals surface area contributed by atoms with Crippen molar-refractivity contribution < 1.29 is 4.74 Å². The van der Waals surface area contributed by atoms with Crippen LogP contribution in [0.1, 0.15) is 27.8 Å². The molecule has 0 fully saturated rings. The number of fused-ring (bicyclic) bond motifs is 10. The lowest BCUT2D eigenvalue weighted by Crippen LogP contribution is -2.33. The molecule has 0 saturated carbocycles. The zero-order valence-electron chi connectivity index (χ0n) is 32.5. The second-order valence-electron chi connectivity index (χ2n) is 15.7. The second kappa shape index (κ2) is 13.7. The van der Waals surface area contributed by atoms with Gasteiger partial charge in [0.15, 0.2) is 17.5 Å². The number of nitrogens with zero attached hydrogens (tertiary/aromatic N) is 4. The third-order valence-electron chi connectivity index (χ3n) is 12.5. The summed E-state index contributed by atoms with van der Waals surface area (Å²) in [4.78, 5) is 19.5. The molecule has 1 aromatic heterocycles. The topological polar surface area (TPSA) is 60.3 Å². The maximum atomic E-state index is 7.43. The first-order chi connectivity index (χ1) is 29.8. The van der Waals surface area contributed by atoms with E-state index in [1.165, 1.54) is 27.8 Å². The Kier molecular flexibility index (Phi) is 7.82. The van der Waals surface area contributed by atoms with E-state index in [9.17, 15) is 0 Å². The molecule has 60 heavy (non-hydrogen) atoms. The van der Waals surface area contributed by atoms with E-state index in [1.807, 2.05) is 66.9 Å². The minimum absolute atomic E-state index is 0.110. The summed E-state index contributed by atoms with van der Waals surface area (Å²) in [6.45, 7) is 0. The lowest BCUT2D eigenvalue weighted by atomic mass is 9.64. The fraction of sp³-hybridized carbons (Fsp3) is 0.0545. The molecule has 5 heteroatoms. The van der Waals surface area contributed by atoms with Crippen molar-refractivity contribution in [3.63, 3.8) is 0 Å². The van der Waals surface area contributed by atoms with E-state index in [0.717, 1.165) is 56.0 Å². The molecule has 0 radical (unpaired) electrons. The molecule has 2 aliphatic carbocycles. The summed E-state index contributed by atoms with van der Waals surface area (Å²) in [6, 6.07) is 59.8. The van der Waals surface area contributed by atoms with Crippen LogP contribution in [0, 0.1) is 11.8 Å². The number of benzene rings is 7. The molecule has 4 aliphatic rings. The number of hydrogen-bond donors (Lipinski definition) is 0. The van der Waals surface area contributed by atoms with Crippen molar-refractivity contribution in [3.05, 3.63) is 228 Å². The van der Waals surface area contributed by atoms with Crippen molar-refractivity contribution >= 4 is 11.8 Å². The molecule has 0 amide bonds. The van der Waals surface area contributed by atoms with Crippen LogP contribution in [0.2, 0.25) is 0 Å². The predicted octanol–water partition coefficient (Wildman–Crippen LogP) is 12.8. The average Bonchev–Trinajstić information content (AvgIpc) is 3.62. The highest BCUT2D eigenvalue weighted by molar-refractivity contribution is 5.94. The smallest absolute Gasteiger partial charge is 0.164 e. The first-order valence-electron chi connectivity index (χ1n) is 20.5. The minimum Gasteiger partial charge on any atom is -0.455 e. The Morgan fingerprint density at radius 2 is 0.900 bits per heavy atom. The van der Waals surface area contributed by atoms with Gasteiger partial charge in [-0.15, -0.1) is 0 Å². The van der Waals surface area contributed by atoms with Crippen LogP contribution < -0.4 is 4.74 Å². The quantitative estimate of drug-likeness (QED) is 0.175. The van der Waals surface area contributed by atoms with Crippen molar-refractivity contribution in [2.45, 2.75) is 5.41 Å². The fourth-order valence-corrected chi connectivity index (χ4v) is 9.79. The molecule has 0 saturated heterocycles. The highest BCUT2D eigenvalue weighted by Crippen LogP contribution is 2.64. The van der Waals surface area contributed by atoms with Gasteiger partial charge in [-0.1, -0.05) is 194 Å². The second-order valence-corrected chi connectivity index (χ2v) is 15.7. The summed E-state index contributed by atoms with van der Waals surface area (Å²) in [5.74, 6) is 3.98. The van der Waals surface area contributed by atoms with Gasteiger partial charge >= 0.3 is 0 Å². The number of para-hydroxylation sites is 2. The first kappa shape index (κ1) is 34.3. The molecule has 282 valence electrons. The van der Waals surface area contributed by atoms with Crippen molar-refractivity contribution in [2.24, 2.45) is 16.8 Å². The van der Waals surface area contributed by atoms with Gasteiger partial charge in [0.05, 0.1) is 5.41 Å². The lowest BCUT2D eigenvalue weighted by Gasteiger charge is -2.41. The van der Waals surface area contributed by atoms with E-state index in [-0.39, 0.29) is 11.8 Å². The van der Waals surface area contributed by atoms with Crippen LogP contribution >= 0.6 is 0 Å². The molecule has 1 spiro atoms. The SMILES string of the molecule is C1=CC2C=CN=CC2C(c2cccc3c2Oc2c(-c4ccc(-c5nc(-c6ccccc6)nc(-c6ccccc6)n5)cc4)cccc2C32c3ccccc3-c3ccccc32)=C1. The fourth-order valence-electron chi connectivity index (χ4n) is 9.79. The number of rotatable bonds is 5. The number of aliphatic imine (C=N–C) groups is 1. The van der Waals surface area contributed by atoms with Crippen molar-refractivity contribution in [2.75, 3.05) is 0 Å². The number of ether oxygens (including phenoxy) is 1. The van der Waals surface area contributed by atoms with E-state index in [0.29, 0.717) is 17.5 Å². The summed E-state index contributed by atoms with van der Waals surface area (Å²) in [5, 5.41) is 0. The molecule has 5 nitrogen and oxygen atoms in total. The third kappa shape index (κ3) is 5.19. The Morgan fingerprint density at radius 1 is 0.417 bits per heavy atom. The molecule has 8 aromatic rings. The van der Waals surface area contributed by atoms with Gasteiger partial charge in [0.2, 0.25) is 0 Å². The number of allylic oxidation sites excluding steroid dienone is 5. The highest BCUT2D eigenvalue weighted by atomic mass is 16.5. The highest BCUT2D eigenvalue weighted by Gasteiger charge is 2.52. The molecule has 2 atom stereocenters. The van der Waals surface area contributed by atoms with E-state index in [4.69, 9.17) is 19.7 Å². The molecule has 2 aliphatic heterocycles. The van der Waals surface area contributed by atoms with Gasteiger partial charge in [0.1, 0.15) is 11.5 Å². The van der Waals surface area contributed by atoms with E-state index in [1.54, 1.807) is 0 Å². The van der Waals surface area contributed by atoms with Crippen molar-refractivity contribution in [1.82, 2.24) is 15.0 Å². The molecule has 0 bridgehead atoms. The molecular formula is C55H36N4O. The normalized spacial score (nSPS) is 17.2. The largest absolute Gasteiger partial charge is 0.455 e. The molecule has 2 unspecified atom stereocenters. The van der Waals surface area contributed by atoms with Crippen LogP contribution in [0.3, 0.4) is 0 Å². The zero-order valence-corrected chi connectivity index (χ0v) is 32.5. The standard InChI is InChI=1S/C55H36N4O/c1-3-14-37(15-4-1)52-57-53(38-16-5-2-6-17-38)59-54(58-52)39-30-28-36(29-31-39)40-21-12-26-48-50(40)60-51-44(41-22-11-18-35-32-33-56-34-45(35)41)23-13-27-49(51)55(48)46-24-9-7-19-42(46)43-20-8-10-25-47(43)55/h1-35,45H. The van der Waals surface area contributed by atoms with Gasteiger partial charge in [-0.3, -0.25) is 4.99 Å². The van der Waals surface area contributed by atoms with E-state index in [2.05, 4.69) is 145 Å². The summed E-state index contributed by atoms with van der Waals surface area (Å²) < 4.78 is 7.43. The van der Waals surface area contributed by atoms with Crippen molar-refractivity contribution in [1.29, 1.82) is 0 Å². The van der Waals surface area contributed by atoms with Gasteiger partial charge in [0.25, 0.3) is 0 Å². The lowest BCUT2D eigenvalue weighted by molar-refractivity contribution is 0.436. The summed E-state index contributed by atoms with van der Waals surface area (Å²) in [7, 11) is 0. The van der Waals surface area contributed by atoms with Gasteiger partial charge in [0, 0.05) is 63.2 Å². The Balaban J connectivity index is 1.04. The summed E-state index contributed by atoms with van der Waals surface area (Å²) >= 11 is 0. The van der Waals surface area contributed by atoms with Gasteiger partial charge < -0.3 is 4.74 Å². The van der Waals surface area contributed by atoms with Crippen LogP contribution in [-0.2, 0) is 5.41 Å². The van der Waals surface area contributed by atoms with Crippen LogP contribution in [-0.4, -0.2) is 21.2 Å². The van der Waals surface area contributed by atoms with Gasteiger partial charge in [-0.2, -0.15) is 0 Å². The minimum atomic E-state index is -0.611. The molecule has 3 heterocycles. The molecule has 0 N–H and O–H groups in total. The van der Waals surface area contributed by atoms with E-state index < -0.39 is 5.41 Å². The molecular weight excluding hydrogens is 733 g/mol. The zero-order chi connectivity index (χ0) is 39.6. The molecule has 7 aromatic carbocycles. The number of hydrogen-bond acceptors (Lipinski definition) is 5. The van der Waals surface area contributed by atoms with Gasteiger partial charge in [-0.05, 0) is 33.4 Å².